The summed E-state index contributed by atoms with van der Waals surface area (Å²) >= 11 is 0. The highest BCUT2D eigenvalue weighted by Crippen LogP contribution is 2.54. The fourth-order valence-electron chi connectivity index (χ4n) is 10.4. The average molecular weight is 739 g/mol. The molecule has 5 aliphatic rings. The Labute approximate surface area is 310 Å². The van der Waals surface area contributed by atoms with Gasteiger partial charge in [-0.25, -0.2) is 0 Å². The molecular weight excluding hydrogens is 672 g/mol. The normalized spacial score (nSPS) is 45.5. The van der Waals surface area contributed by atoms with E-state index in [0.29, 0.717) is 12.8 Å². The van der Waals surface area contributed by atoms with Crippen LogP contribution in [0, 0.1) is 35.5 Å². The number of carbonyl (C=O) groups is 3. The molecule has 0 radical (unpaired) electrons. The van der Waals surface area contributed by atoms with E-state index in [2.05, 4.69) is 34.6 Å². The van der Waals surface area contributed by atoms with Crippen LogP contribution >= 0.6 is 0 Å². The minimum absolute atomic E-state index is 0.0315. The van der Waals surface area contributed by atoms with Crippen molar-refractivity contribution in [3.8, 4) is 0 Å². The van der Waals surface area contributed by atoms with Crippen molar-refractivity contribution in [1.82, 2.24) is 0 Å². The zero-order valence-electron chi connectivity index (χ0n) is 33.7. The van der Waals surface area contributed by atoms with Gasteiger partial charge in [-0.2, -0.15) is 0 Å². The van der Waals surface area contributed by atoms with Crippen molar-refractivity contribution in [3.05, 3.63) is 0 Å². The fraction of sp³-hybridized carbons (Fsp3) is 0.925. The van der Waals surface area contributed by atoms with Crippen LogP contribution in [0.5, 0.6) is 0 Å². The van der Waals surface area contributed by atoms with Gasteiger partial charge in [-0.15, -0.1) is 0 Å². The highest BCUT2D eigenvalue weighted by Gasteiger charge is 2.62. The van der Waals surface area contributed by atoms with Crippen LogP contribution in [0.3, 0.4) is 0 Å². The van der Waals surface area contributed by atoms with E-state index in [1.807, 2.05) is 13.8 Å². The molecule has 5 fully saturated rings. The van der Waals surface area contributed by atoms with E-state index in [0.717, 1.165) is 32.1 Å². The Morgan fingerprint density at radius 2 is 1.67 bits per heavy atom. The van der Waals surface area contributed by atoms with Crippen LogP contribution < -0.4 is 0 Å². The lowest BCUT2D eigenvalue weighted by Crippen LogP contribution is -2.57. The van der Waals surface area contributed by atoms with Crippen LogP contribution in [0.15, 0.2) is 0 Å². The number of ketones is 1. The third kappa shape index (κ3) is 7.60. The van der Waals surface area contributed by atoms with Crippen LogP contribution in [-0.4, -0.2) is 105 Å². The second kappa shape index (κ2) is 15.8. The molecule has 0 aromatic heterocycles. The van der Waals surface area contributed by atoms with Crippen LogP contribution in [0.1, 0.15) is 114 Å². The summed E-state index contributed by atoms with van der Waals surface area (Å²) in [5.41, 5.74) is -1.18. The molecule has 298 valence electrons. The molecule has 5 aliphatic heterocycles. The molecule has 16 atom stereocenters. The van der Waals surface area contributed by atoms with Gasteiger partial charge in [0.1, 0.15) is 12.4 Å². The molecule has 0 bridgehead atoms. The van der Waals surface area contributed by atoms with Gasteiger partial charge in [0.2, 0.25) is 5.79 Å². The largest absolute Gasteiger partial charge is 0.469 e. The number of hydrogen-bond acceptors (Lipinski definition) is 12. The summed E-state index contributed by atoms with van der Waals surface area (Å²) in [6, 6.07) is 0. The first-order chi connectivity index (χ1) is 24.4. The van der Waals surface area contributed by atoms with Crippen molar-refractivity contribution < 1.29 is 57.0 Å². The first-order valence-electron chi connectivity index (χ1n) is 19.6. The summed E-state index contributed by atoms with van der Waals surface area (Å²) in [6.45, 7) is 17.8. The quantitative estimate of drug-likeness (QED) is 0.224. The zero-order chi connectivity index (χ0) is 38.4. The highest BCUT2D eigenvalue weighted by atomic mass is 16.7. The predicted octanol–water partition coefficient (Wildman–Crippen LogP) is 5.79. The lowest BCUT2D eigenvalue weighted by atomic mass is 9.79. The number of hydrogen-bond donors (Lipinski definition) is 0. The maximum Gasteiger partial charge on any atom is 0.311 e. The molecule has 5 rings (SSSR count). The molecule has 12 nitrogen and oxygen atoms in total. The van der Waals surface area contributed by atoms with Crippen molar-refractivity contribution in [2.75, 3.05) is 27.9 Å². The summed E-state index contributed by atoms with van der Waals surface area (Å²) < 4.78 is 56.8. The standard InChI is InChI=1S/C40H66O12/c1-13-38(35-23(3)19-30(48-35)32-22(2)18-24(4)40(46-12,51-32)21-47-28(8)41)15-14-31(49-38)37(9)16-17-39(52-37)20-29(42)25(5)34(50-39)26(6)33(44-10)27(7)36(43)45-11/h22-27,30-35H,13-21H2,1-12H3/t22-,23-,24+,25+,26-,27-,30+,31+,32-,33+,34-,35+,37-,38-,39+,40-/m0/s1. The predicted molar refractivity (Wildman–Crippen MR) is 190 cm³/mol. The molecule has 1 spiro atoms. The van der Waals surface area contributed by atoms with Gasteiger partial charge in [-0.3, -0.25) is 14.4 Å². The van der Waals surface area contributed by atoms with E-state index >= 15 is 0 Å². The maximum atomic E-state index is 13.6. The Bertz CT molecular complexity index is 1290. The summed E-state index contributed by atoms with van der Waals surface area (Å²) in [7, 11) is 4.55. The van der Waals surface area contributed by atoms with Crippen molar-refractivity contribution in [1.29, 1.82) is 0 Å². The zero-order valence-corrected chi connectivity index (χ0v) is 33.7. The number of methoxy groups -OCH3 is 3. The fourth-order valence-corrected chi connectivity index (χ4v) is 10.4. The second-order valence-electron chi connectivity index (χ2n) is 17.1. The molecule has 0 saturated carbocycles. The Balaban J connectivity index is 1.29. The summed E-state index contributed by atoms with van der Waals surface area (Å²) in [4.78, 5) is 37.7. The maximum absolute atomic E-state index is 13.6. The number of Topliss-reactive ketones (excluding diaryl/α,β-unsaturated/α-hetero) is 1. The molecule has 0 aliphatic carbocycles. The third-order valence-electron chi connectivity index (χ3n) is 13.6. The Kier molecular flexibility index (Phi) is 12.6. The van der Waals surface area contributed by atoms with E-state index in [-0.39, 0.29) is 84.8 Å². The van der Waals surface area contributed by atoms with E-state index in [1.54, 1.807) is 21.1 Å². The average Bonchev–Trinajstić information content (AvgIpc) is 3.82. The van der Waals surface area contributed by atoms with Crippen LogP contribution in [0.25, 0.3) is 0 Å². The molecule has 52 heavy (non-hydrogen) atoms. The highest BCUT2D eigenvalue weighted by molar-refractivity contribution is 5.83. The molecule has 5 heterocycles. The van der Waals surface area contributed by atoms with Crippen LogP contribution in [-0.2, 0) is 57.0 Å². The smallest absolute Gasteiger partial charge is 0.311 e. The summed E-state index contributed by atoms with van der Waals surface area (Å²) in [6.07, 6.45) is 3.75. The van der Waals surface area contributed by atoms with E-state index < -0.39 is 40.9 Å². The second-order valence-corrected chi connectivity index (χ2v) is 17.1. The first kappa shape index (κ1) is 41.5. The lowest BCUT2D eigenvalue weighted by Gasteiger charge is -2.48. The molecule has 5 saturated heterocycles. The minimum atomic E-state index is -1.07. The number of esters is 2. The Morgan fingerprint density at radius 3 is 2.29 bits per heavy atom. The van der Waals surface area contributed by atoms with Crippen molar-refractivity contribution >= 4 is 17.7 Å². The molecule has 0 unspecified atom stereocenters. The molecule has 12 heteroatoms. The van der Waals surface area contributed by atoms with E-state index in [9.17, 15) is 14.4 Å². The molecule has 0 amide bonds. The van der Waals surface area contributed by atoms with Crippen LogP contribution in [0.4, 0.5) is 0 Å². The van der Waals surface area contributed by atoms with E-state index in [1.165, 1.54) is 14.0 Å². The molecular formula is C40H66O12. The Morgan fingerprint density at radius 1 is 0.962 bits per heavy atom. The number of carbonyl (C=O) groups excluding carboxylic acids is 3. The van der Waals surface area contributed by atoms with Gasteiger partial charge in [0.25, 0.3) is 0 Å². The SMILES string of the molecule is CC[C@@]1([C@@H]2O[C@@H]([C@H]3O[C@](COC(C)=O)(OC)[C@H](C)C[C@@H]3C)C[C@@H]2C)CC[C@H]([C@]2(C)CC[C@]3(CC(=O)[C@@H](C)[C@@H]([C@@H](C)[C@@H](OC)[C@H](C)C(=O)OC)O3)O2)O1. The number of ether oxygens (including phenoxy) is 9. The van der Waals surface area contributed by atoms with Gasteiger partial charge in [0, 0.05) is 45.3 Å². The number of rotatable bonds is 12. The van der Waals surface area contributed by atoms with Crippen molar-refractivity contribution in [3.63, 3.8) is 0 Å². The van der Waals surface area contributed by atoms with Crippen LogP contribution in [0.2, 0.25) is 0 Å². The van der Waals surface area contributed by atoms with Crippen molar-refractivity contribution in [2.24, 2.45) is 35.5 Å². The minimum Gasteiger partial charge on any atom is -0.469 e. The van der Waals surface area contributed by atoms with E-state index in [4.69, 9.17) is 42.6 Å². The topological polar surface area (TPSA) is 134 Å². The third-order valence-corrected chi connectivity index (χ3v) is 13.6. The first-order valence-corrected chi connectivity index (χ1v) is 19.6. The van der Waals surface area contributed by atoms with Gasteiger partial charge in [-0.05, 0) is 64.2 Å². The molecule has 0 aromatic rings. The Hall–Kier alpha value is -1.67. The van der Waals surface area contributed by atoms with Gasteiger partial charge in [-0.1, -0.05) is 41.5 Å². The molecule has 0 N–H and O–H groups in total. The van der Waals surface area contributed by atoms with Gasteiger partial charge in [0.05, 0.1) is 67.3 Å². The summed E-state index contributed by atoms with van der Waals surface area (Å²) in [5.74, 6) is -3.46. The summed E-state index contributed by atoms with van der Waals surface area (Å²) in [5, 5.41) is 0. The monoisotopic (exact) mass is 738 g/mol. The molecule has 0 aromatic carbocycles. The van der Waals surface area contributed by atoms with Crippen molar-refractivity contribution in [2.45, 2.75) is 173 Å². The lowest BCUT2D eigenvalue weighted by molar-refractivity contribution is -0.333. The van der Waals surface area contributed by atoms with Gasteiger partial charge < -0.3 is 42.6 Å². The van der Waals surface area contributed by atoms with Gasteiger partial charge >= 0.3 is 11.9 Å². The van der Waals surface area contributed by atoms with Gasteiger partial charge in [0.15, 0.2) is 5.79 Å².